The molecule has 2 saturated heterocycles. The molecular weight excluding hydrogens is 446 g/mol. The Hall–Kier alpha value is -1.66. The Morgan fingerprint density at radius 3 is 1.66 bits per heavy atom. The van der Waals surface area contributed by atoms with Crippen LogP contribution in [0, 0.1) is 29.2 Å². The van der Waals surface area contributed by atoms with E-state index in [2.05, 4.69) is 14.1 Å². The molecule has 0 saturated carbocycles. The second-order valence-electron chi connectivity index (χ2n) is 8.58. The largest absolute Gasteiger partial charge is 1.00 e. The molecule has 4 rings (SSSR count). The van der Waals surface area contributed by atoms with Crippen LogP contribution >= 0.6 is 0 Å². The molecule has 1 nitrogen and oxygen atoms in total. The molecule has 2 heterocycles. The molecule has 2 aromatic carbocycles. The Bertz CT molecular complexity index is 871. The van der Waals surface area contributed by atoms with E-state index in [0.717, 1.165) is 41.6 Å². The van der Waals surface area contributed by atoms with Gasteiger partial charge in [0, 0.05) is 25.7 Å². The molecule has 2 fully saturated rings. The van der Waals surface area contributed by atoms with Gasteiger partial charge in [0.05, 0.1) is 26.2 Å². The van der Waals surface area contributed by atoms with Gasteiger partial charge in [-0.3, -0.25) is 0 Å². The Balaban J connectivity index is 0.00000240. The van der Waals surface area contributed by atoms with Gasteiger partial charge < -0.3 is 21.5 Å². The lowest BCUT2D eigenvalue weighted by Gasteiger charge is -2.44. The second-order valence-corrected chi connectivity index (χ2v) is 8.58. The SMILES string of the molecule is C[N+]1(C)C2CC[C@H]1CC(C=C(c1ccc(F)c(F)c1)c1ccc(F)c(F)c1)C2.[Br-]. The van der Waals surface area contributed by atoms with Crippen molar-refractivity contribution in [3.05, 3.63) is 76.9 Å². The third-order valence-electron chi connectivity index (χ3n) is 6.73. The fourth-order valence-electron chi connectivity index (χ4n) is 4.98. The van der Waals surface area contributed by atoms with E-state index in [4.69, 9.17) is 0 Å². The van der Waals surface area contributed by atoms with Crippen molar-refractivity contribution in [2.45, 2.75) is 37.8 Å². The predicted octanol–water partition coefficient (Wildman–Crippen LogP) is 2.70. The molecule has 0 spiro atoms. The highest BCUT2D eigenvalue weighted by molar-refractivity contribution is 5.80. The molecule has 0 amide bonds. The molecule has 0 radical (unpaired) electrons. The summed E-state index contributed by atoms with van der Waals surface area (Å²) in [6.07, 6.45) is 6.42. The van der Waals surface area contributed by atoms with Crippen molar-refractivity contribution in [2.75, 3.05) is 14.1 Å². The fourth-order valence-corrected chi connectivity index (χ4v) is 4.98. The normalized spacial score (nSPS) is 24.7. The van der Waals surface area contributed by atoms with E-state index in [1.807, 2.05) is 6.08 Å². The quantitative estimate of drug-likeness (QED) is 0.478. The van der Waals surface area contributed by atoms with Crippen molar-refractivity contribution in [3.8, 4) is 0 Å². The highest BCUT2D eigenvalue weighted by Gasteiger charge is 2.48. The van der Waals surface area contributed by atoms with Gasteiger partial charge >= 0.3 is 0 Å². The zero-order valence-corrected chi connectivity index (χ0v) is 18.0. The molecule has 0 aromatic heterocycles. The van der Waals surface area contributed by atoms with Crippen LogP contribution in [0.25, 0.3) is 5.57 Å². The number of halogens is 5. The van der Waals surface area contributed by atoms with Crippen molar-refractivity contribution in [2.24, 2.45) is 5.92 Å². The summed E-state index contributed by atoms with van der Waals surface area (Å²) in [5.41, 5.74) is 1.56. The van der Waals surface area contributed by atoms with Gasteiger partial charge in [-0.2, -0.15) is 0 Å². The van der Waals surface area contributed by atoms with Crippen molar-refractivity contribution >= 4 is 5.57 Å². The lowest BCUT2D eigenvalue weighted by atomic mass is 9.85. The minimum absolute atomic E-state index is 0. The zero-order chi connectivity index (χ0) is 20.1. The van der Waals surface area contributed by atoms with Crippen LogP contribution in [-0.4, -0.2) is 30.7 Å². The van der Waals surface area contributed by atoms with Gasteiger partial charge in [-0.1, -0.05) is 18.2 Å². The third kappa shape index (κ3) is 4.15. The minimum Gasteiger partial charge on any atom is -1.00 e. The monoisotopic (exact) mass is 469 g/mol. The van der Waals surface area contributed by atoms with Gasteiger partial charge in [0.2, 0.25) is 0 Å². The summed E-state index contributed by atoms with van der Waals surface area (Å²) in [4.78, 5) is 0. The van der Waals surface area contributed by atoms with Crippen LogP contribution in [0.2, 0.25) is 0 Å². The van der Waals surface area contributed by atoms with Crippen LogP contribution in [0.5, 0.6) is 0 Å². The first-order chi connectivity index (χ1) is 13.3. The summed E-state index contributed by atoms with van der Waals surface area (Å²) >= 11 is 0. The van der Waals surface area contributed by atoms with Crippen LogP contribution in [0.1, 0.15) is 36.8 Å². The number of rotatable bonds is 3. The first-order valence-corrected chi connectivity index (χ1v) is 9.71. The van der Waals surface area contributed by atoms with Crippen LogP contribution in [0.4, 0.5) is 17.6 Å². The maximum absolute atomic E-state index is 13.9. The van der Waals surface area contributed by atoms with E-state index < -0.39 is 23.3 Å². The number of allylic oxidation sites excluding steroid dienone is 1. The number of hydrogen-bond acceptors (Lipinski definition) is 0. The van der Waals surface area contributed by atoms with E-state index in [1.54, 1.807) is 0 Å². The van der Waals surface area contributed by atoms with Crippen LogP contribution in [-0.2, 0) is 0 Å². The van der Waals surface area contributed by atoms with E-state index in [0.29, 0.717) is 28.8 Å². The van der Waals surface area contributed by atoms with Crippen LogP contribution < -0.4 is 17.0 Å². The molecule has 0 aliphatic carbocycles. The first kappa shape index (κ1) is 22.0. The summed E-state index contributed by atoms with van der Waals surface area (Å²) in [5.74, 6) is -3.49. The van der Waals surface area contributed by atoms with Crippen molar-refractivity contribution in [1.82, 2.24) is 0 Å². The standard InChI is InChI=1S/C23H24F4N.BrH/c1-28(2)17-5-6-18(28)10-14(9-17)11-19(15-3-7-20(24)22(26)12-15)16-4-8-21(25)23(27)13-16;/h3-4,7-8,11-14,17-18H,5-6,9-10H2,1-2H3;1H/q+1;/p-1/t14?,17-,18?;/m0./s1. The van der Waals surface area contributed by atoms with Gasteiger partial charge in [0.1, 0.15) is 0 Å². The van der Waals surface area contributed by atoms with Gasteiger partial charge in [0.15, 0.2) is 23.3 Å². The lowest BCUT2D eigenvalue weighted by molar-refractivity contribution is -0.931. The van der Waals surface area contributed by atoms with Crippen molar-refractivity contribution in [1.29, 1.82) is 0 Å². The van der Waals surface area contributed by atoms with E-state index in [9.17, 15) is 17.6 Å². The maximum atomic E-state index is 13.9. The third-order valence-corrected chi connectivity index (χ3v) is 6.73. The molecular formula is C23H24BrF4N. The van der Waals surface area contributed by atoms with E-state index in [1.165, 1.54) is 25.0 Å². The van der Waals surface area contributed by atoms with Gasteiger partial charge in [-0.05, 0) is 46.9 Å². The molecule has 0 N–H and O–H groups in total. The number of piperidine rings is 1. The van der Waals surface area contributed by atoms with E-state index >= 15 is 0 Å². The number of fused-ring (bicyclic) bond motifs is 2. The number of quaternary nitrogens is 1. The lowest BCUT2D eigenvalue weighted by Crippen LogP contribution is -3.00. The zero-order valence-electron chi connectivity index (χ0n) is 16.4. The Morgan fingerprint density at radius 2 is 1.24 bits per heavy atom. The maximum Gasteiger partial charge on any atom is 0.159 e. The molecule has 2 aromatic rings. The smallest absolute Gasteiger partial charge is 0.159 e. The summed E-state index contributed by atoms with van der Waals surface area (Å²) in [5, 5.41) is 0. The van der Waals surface area contributed by atoms with Crippen LogP contribution in [0.15, 0.2) is 42.5 Å². The number of nitrogens with zero attached hydrogens (tertiary/aromatic N) is 1. The van der Waals surface area contributed by atoms with E-state index in [-0.39, 0.29) is 22.9 Å². The molecule has 2 aliphatic rings. The first-order valence-electron chi connectivity index (χ1n) is 9.71. The molecule has 156 valence electrons. The summed E-state index contributed by atoms with van der Waals surface area (Å²) in [7, 11) is 4.54. The molecule has 29 heavy (non-hydrogen) atoms. The fraction of sp³-hybridized carbons (Fsp3) is 0.391. The summed E-state index contributed by atoms with van der Waals surface area (Å²) in [6.45, 7) is 0. The molecule has 6 heteroatoms. The van der Waals surface area contributed by atoms with Crippen molar-refractivity contribution in [3.63, 3.8) is 0 Å². The van der Waals surface area contributed by atoms with Crippen molar-refractivity contribution < 1.29 is 39.0 Å². The number of hydrogen-bond donors (Lipinski definition) is 0. The molecule has 2 unspecified atom stereocenters. The van der Waals surface area contributed by atoms with Gasteiger partial charge in [-0.15, -0.1) is 0 Å². The summed E-state index contributed by atoms with van der Waals surface area (Å²) in [6, 6.07) is 8.50. The topological polar surface area (TPSA) is 0 Å². The summed E-state index contributed by atoms with van der Waals surface area (Å²) < 4.78 is 55.6. The average Bonchev–Trinajstić information content (AvgIpc) is 2.82. The minimum atomic E-state index is -0.951. The average molecular weight is 470 g/mol. The Morgan fingerprint density at radius 1 is 0.793 bits per heavy atom. The molecule has 2 aliphatic heterocycles. The molecule has 3 atom stereocenters. The van der Waals surface area contributed by atoms with Crippen LogP contribution in [0.3, 0.4) is 0 Å². The highest BCUT2D eigenvalue weighted by atomic mass is 79.9. The highest BCUT2D eigenvalue weighted by Crippen LogP contribution is 2.43. The predicted molar refractivity (Wildman–Crippen MR) is 101 cm³/mol. The Labute approximate surface area is 179 Å². The molecule has 2 bridgehead atoms. The number of benzene rings is 2. The van der Waals surface area contributed by atoms with Gasteiger partial charge in [0.25, 0.3) is 0 Å². The van der Waals surface area contributed by atoms with Gasteiger partial charge in [-0.25, -0.2) is 17.6 Å². The second kappa shape index (κ2) is 8.23. The Kier molecular flexibility index (Phi) is 6.25.